The van der Waals surface area contributed by atoms with E-state index in [2.05, 4.69) is 27.3 Å². The van der Waals surface area contributed by atoms with Crippen molar-refractivity contribution in [3.8, 4) is 0 Å². The number of anilines is 1. The number of nitrogens with one attached hydrogen (secondary N) is 1. The minimum Gasteiger partial charge on any atom is -0.478 e. The van der Waals surface area contributed by atoms with Crippen molar-refractivity contribution in [1.29, 1.82) is 0 Å². The van der Waals surface area contributed by atoms with Crippen molar-refractivity contribution in [2.75, 3.05) is 4.72 Å². The van der Waals surface area contributed by atoms with Gasteiger partial charge in [0.05, 0.1) is 10.5 Å². The molecule has 20 heavy (non-hydrogen) atoms. The summed E-state index contributed by atoms with van der Waals surface area (Å²) in [4.78, 5) is 10.8. The first-order valence-electron chi connectivity index (χ1n) is 5.50. The molecular formula is C13H10INO4S. The number of carbonyl (C=O) groups is 1. The molecule has 2 rings (SSSR count). The molecule has 0 aliphatic carbocycles. The molecule has 104 valence electrons. The first kappa shape index (κ1) is 14.8. The highest BCUT2D eigenvalue weighted by Crippen LogP contribution is 2.18. The maximum absolute atomic E-state index is 12.2. The quantitative estimate of drug-likeness (QED) is 0.770. The van der Waals surface area contributed by atoms with Crippen LogP contribution in [0.5, 0.6) is 0 Å². The predicted octanol–water partition coefficient (Wildman–Crippen LogP) is 2.79. The number of rotatable bonds is 4. The molecule has 0 saturated heterocycles. The average Bonchev–Trinajstić information content (AvgIpc) is 2.41. The fraction of sp³-hybridized carbons (Fsp3) is 0. The normalized spacial score (nSPS) is 11.1. The van der Waals surface area contributed by atoms with Gasteiger partial charge in [-0.2, -0.15) is 0 Å². The minimum atomic E-state index is -3.80. The van der Waals surface area contributed by atoms with Crippen LogP contribution in [0.3, 0.4) is 0 Å². The third-order valence-corrected chi connectivity index (χ3v) is 4.59. The molecule has 0 aromatic heterocycles. The van der Waals surface area contributed by atoms with Gasteiger partial charge in [0, 0.05) is 9.26 Å². The summed E-state index contributed by atoms with van der Waals surface area (Å²) in [7, 11) is -3.80. The Kier molecular flexibility index (Phi) is 4.29. The van der Waals surface area contributed by atoms with Crippen LogP contribution in [0, 0.1) is 3.57 Å². The van der Waals surface area contributed by atoms with Crippen LogP contribution in [-0.4, -0.2) is 19.5 Å². The molecule has 0 spiro atoms. The van der Waals surface area contributed by atoms with E-state index in [1.807, 2.05) is 0 Å². The summed E-state index contributed by atoms with van der Waals surface area (Å²) in [5, 5.41) is 8.88. The summed E-state index contributed by atoms with van der Waals surface area (Å²) in [5.74, 6) is -1.17. The molecule has 0 heterocycles. The summed E-state index contributed by atoms with van der Waals surface area (Å²) < 4.78 is 27.7. The number of carboxylic acid groups (broad SMARTS) is 1. The topological polar surface area (TPSA) is 83.5 Å². The van der Waals surface area contributed by atoms with Gasteiger partial charge in [-0.15, -0.1) is 0 Å². The van der Waals surface area contributed by atoms with Crippen molar-refractivity contribution >= 4 is 44.3 Å². The van der Waals surface area contributed by atoms with E-state index >= 15 is 0 Å². The number of hydrogen-bond donors (Lipinski definition) is 2. The van der Waals surface area contributed by atoms with Crippen LogP contribution < -0.4 is 4.72 Å². The van der Waals surface area contributed by atoms with Gasteiger partial charge in [0.1, 0.15) is 0 Å². The molecule has 0 fully saturated rings. The van der Waals surface area contributed by atoms with E-state index < -0.39 is 16.0 Å². The van der Waals surface area contributed by atoms with E-state index in [-0.39, 0.29) is 10.5 Å². The first-order valence-corrected chi connectivity index (χ1v) is 8.06. The van der Waals surface area contributed by atoms with Crippen LogP contribution in [0.1, 0.15) is 10.4 Å². The van der Waals surface area contributed by atoms with Gasteiger partial charge in [0.25, 0.3) is 10.0 Å². The monoisotopic (exact) mass is 403 g/mol. The molecular weight excluding hydrogens is 393 g/mol. The highest BCUT2D eigenvalue weighted by molar-refractivity contribution is 14.1. The van der Waals surface area contributed by atoms with Crippen LogP contribution in [0.15, 0.2) is 53.4 Å². The lowest BCUT2D eigenvalue weighted by Crippen LogP contribution is -2.13. The number of benzene rings is 2. The Labute approximate surface area is 129 Å². The lowest BCUT2D eigenvalue weighted by Gasteiger charge is -2.08. The van der Waals surface area contributed by atoms with Gasteiger partial charge in [-0.3, -0.25) is 4.72 Å². The fourth-order valence-electron chi connectivity index (χ4n) is 1.53. The number of hydrogen-bond acceptors (Lipinski definition) is 3. The molecule has 0 bridgehead atoms. The molecule has 0 radical (unpaired) electrons. The van der Waals surface area contributed by atoms with Crippen molar-refractivity contribution in [3.05, 3.63) is 57.7 Å². The van der Waals surface area contributed by atoms with Gasteiger partial charge in [-0.25, -0.2) is 13.2 Å². The second kappa shape index (κ2) is 5.80. The molecule has 2 aromatic carbocycles. The van der Waals surface area contributed by atoms with Crippen LogP contribution in [0.25, 0.3) is 0 Å². The minimum absolute atomic E-state index is 0.0736. The highest BCUT2D eigenvalue weighted by atomic mass is 127. The molecule has 0 amide bonds. The van der Waals surface area contributed by atoms with Crippen LogP contribution >= 0.6 is 22.6 Å². The second-order valence-electron chi connectivity index (χ2n) is 3.95. The Morgan fingerprint density at radius 2 is 1.75 bits per heavy atom. The van der Waals surface area contributed by atoms with Gasteiger partial charge in [0.2, 0.25) is 0 Å². The van der Waals surface area contributed by atoms with Crippen LogP contribution in [0.4, 0.5) is 5.69 Å². The summed E-state index contributed by atoms with van der Waals surface area (Å²) in [6.07, 6.45) is 0. The molecule has 0 unspecified atom stereocenters. The summed E-state index contributed by atoms with van der Waals surface area (Å²) >= 11 is 2.11. The number of carboxylic acids is 1. The molecule has 7 heteroatoms. The Bertz CT molecular complexity index is 741. The molecule has 0 aliphatic heterocycles. The van der Waals surface area contributed by atoms with Gasteiger partial charge in [0.15, 0.2) is 0 Å². The maximum Gasteiger partial charge on any atom is 0.335 e. The smallest absolute Gasteiger partial charge is 0.335 e. The van der Waals surface area contributed by atoms with Crippen molar-refractivity contribution in [1.82, 2.24) is 0 Å². The Hall–Kier alpha value is -1.61. The summed E-state index contributed by atoms with van der Waals surface area (Å²) in [6, 6.07) is 12.0. The van der Waals surface area contributed by atoms with Crippen molar-refractivity contribution in [2.45, 2.75) is 4.90 Å². The molecule has 2 N–H and O–H groups in total. The SMILES string of the molecule is O=C(O)c1cccc(S(=O)(=O)Nc2ccc(I)cc2)c1. The number of sulfonamides is 1. The van der Waals surface area contributed by atoms with E-state index in [9.17, 15) is 13.2 Å². The van der Waals surface area contributed by atoms with E-state index in [1.165, 1.54) is 18.2 Å². The van der Waals surface area contributed by atoms with Crippen molar-refractivity contribution in [2.24, 2.45) is 0 Å². The maximum atomic E-state index is 12.2. The van der Waals surface area contributed by atoms with E-state index in [0.717, 1.165) is 9.64 Å². The van der Waals surface area contributed by atoms with Gasteiger partial charge < -0.3 is 5.11 Å². The summed E-state index contributed by atoms with van der Waals surface area (Å²) in [6.45, 7) is 0. The third-order valence-electron chi connectivity index (χ3n) is 2.49. The zero-order chi connectivity index (χ0) is 14.8. The zero-order valence-electron chi connectivity index (χ0n) is 10.1. The summed E-state index contributed by atoms with van der Waals surface area (Å²) in [5.41, 5.74) is 0.349. The third kappa shape index (κ3) is 3.48. The van der Waals surface area contributed by atoms with E-state index in [1.54, 1.807) is 24.3 Å². The molecule has 0 aliphatic rings. The van der Waals surface area contributed by atoms with Crippen molar-refractivity contribution < 1.29 is 18.3 Å². The largest absolute Gasteiger partial charge is 0.478 e. The van der Waals surface area contributed by atoms with Crippen LogP contribution in [0.2, 0.25) is 0 Å². The fourth-order valence-corrected chi connectivity index (χ4v) is 2.99. The molecule has 5 nitrogen and oxygen atoms in total. The lowest BCUT2D eigenvalue weighted by atomic mass is 10.2. The van der Waals surface area contributed by atoms with Crippen molar-refractivity contribution in [3.63, 3.8) is 0 Å². The van der Waals surface area contributed by atoms with Crippen LogP contribution in [-0.2, 0) is 10.0 Å². The van der Waals surface area contributed by atoms with E-state index in [4.69, 9.17) is 5.11 Å². The van der Waals surface area contributed by atoms with Gasteiger partial charge in [-0.1, -0.05) is 6.07 Å². The zero-order valence-corrected chi connectivity index (χ0v) is 13.1. The average molecular weight is 403 g/mol. The highest BCUT2D eigenvalue weighted by Gasteiger charge is 2.16. The Morgan fingerprint density at radius 1 is 1.10 bits per heavy atom. The van der Waals surface area contributed by atoms with Gasteiger partial charge >= 0.3 is 5.97 Å². The standard InChI is InChI=1S/C13H10INO4S/c14-10-4-6-11(7-5-10)15-20(18,19)12-3-1-2-9(8-12)13(16)17/h1-8,15H,(H,16,17). The predicted molar refractivity (Wildman–Crippen MR) is 83.4 cm³/mol. The molecule has 0 atom stereocenters. The molecule has 0 saturated carbocycles. The Morgan fingerprint density at radius 3 is 2.35 bits per heavy atom. The second-order valence-corrected chi connectivity index (χ2v) is 6.87. The first-order chi connectivity index (χ1) is 9.38. The van der Waals surface area contributed by atoms with Gasteiger partial charge in [-0.05, 0) is 65.1 Å². The van der Waals surface area contributed by atoms with E-state index in [0.29, 0.717) is 5.69 Å². The number of aromatic carboxylic acids is 1. The lowest BCUT2D eigenvalue weighted by molar-refractivity contribution is 0.0696. The Balaban J connectivity index is 2.33. The number of halogens is 1. The molecule has 2 aromatic rings.